The summed E-state index contributed by atoms with van der Waals surface area (Å²) in [6, 6.07) is 0. The lowest BCUT2D eigenvalue weighted by Gasteiger charge is -2.17. The quantitative estimate of drug-likeness (QED) is 0.674. The molecule has 0 aromatic carbocycles. The normalized spacial score (nSPS) is 23.5. The maximum Gasteiger partial charge on any atom is 0.0691 e. The number of rotatable bonds is 7. The van der Waals surface area contributed by atoms with Crippen molar-refractivity contribution in [2.24, 2.45) is 0 Å². The van der Waals surface area contributed by atoms with E-state index in [1.165, 1.54) is 0 Å². The molecule has 90 valence electrons. The maximum atomic E-state index is 12.1. The van der Waals surface area contributed by atoms with Crippen molar-refractivity contribution in [3.8, 4) is 0 Å². The van der Waals surface area contributed by atoms with Gasteiger partial charge < -0.3 is 4.74 Å². The molecule has 0 saturated carbocycles. The molecule has 0 amide bonds. The average Bonchev–Trinajstić information content (AvgIpc) is 2.70. The summed E-state index contributed by atoms with van der Waals surface area (Å²) in [5.41, 5.74) is 0. The van der Waals surface area contributed by atoms with Crippen LogP contribution in [-0.2, 0) is 15.5 Å². The van der Waals surface area contributed by atoms with Crippen molar-refractivity contribution < 1.29 is 8.95 Å². The highest BCUT2D eigenvalue weighted by Gasteiger charge is 2.22. The van der Waals surface area contributed by atoms with Gasteiger partial charge in [-0.3, -0.25) is 4.21 Å². The first kappa shape index (κ1) is 13.2. The van der Waals surface area contributed by atoms with E-state index in [2.05, 4.69) is 13.8 Å². The van der Waals surface area contributed by atoms with E-state index in [9.17, 15) is 4.21 Å². The Morgan fingerprint density at radius 3 is 2.47 bits per heavy atom. The third kappa shape index (κ3) is 4.64. The van der Waals surface area contributed by atoms with Crippen molar-refractivity contribution >= 4 is 10.8 Å². The zero-order valence-corrected chi connectivity index (χ0v) is 10.9. The fourth-order valence-electron chi connectivity index (χ4n) is 2.15. The largest absolute Gasteiger partial charge is 0.377 e. The molecule has 1 rings (SSSR count). The van der Waals surface area contributed by atoms with Crippen molar-refractivity contribution in [3.05, 3.63) is 0 Å². The fourth-order valence-corrected chi connectivity index (χ4v) is 4.04. The van der Waals surface area contributed by atoms with Crippen LogP contribution in [-0.4, -0.2) is 27.9 Å². The van der Waals surface area contributed by atoms with Crippen LogP contribution in [0.1, 0.15) is 52.4 Å². The SMILES string of the molecule is CCCC(CCC)[S@@](=O)C[C@@H]1CCCO1. The average molecular weight is 232 g/mol. The van der Waals surface area contributed by atoms with E-state index in [1.54, 1.807) is 0 Å². The monoisotopic (exact) mass is 232 g/mol. The molecule has 15 heavy (non-hydrogen) atoms. The lowest BCUT2D eigenvalue weighted by molar-refractivity contribution is 0.128. The van der Waals surface area contributed by atoms with Gasteiger partial charge in [0.2, 0.25) is 0 Å². The molecule has 0 spiro atoms. The van der Waals surface area contributed by atoms with Crippen LogP contribution in [0.15, 0.2) is 0 Å². The van der Waals surface area contributed by atoms with E-state index < -0.39 is 10.8 Å². The zero-order chi connectivity index (χ0) is 11.1. The Labute approximate surface area is 96.2 Å². The molecule has 0 radical (unpaired) electrons. The highest BCUT2D eigenvalue weighted by molar-refractivity contribution is 7.85. The van der Waals surface area contributed by atoms with Crippen LogP contribution in [0, 0.1) is 0 Å². The summed E-state index contributed by atoms with van der Waals surface area (Å²) in [6.45, 7) is 5.21. The minimum Gasteiger partial charge on any atom is -0.377 e. The standard InChI is InChI=1S/C12H24O2S/c1-3-6-12(7-4-2)15(13)10-11-8-5-9-14-11/h11-12H,3-10H2,1-2H3/t11-,15-/m0/s1. The first-order valence-electron chi connectivity index (χ1n) is 6.26. The summed E-state index contributed by atoms with van der Waals surface area (Å²) >= 11 is 0. The summed E-state index contributed by atoms with van der Waals surface area (Å²) in [4.78, 5) is 0. The van der Waals surface area contributed by atoms with Crippen LogP contribution in [0.4, 0.5) is 0 Å². The van der Waals surface area contributed by atoms with Gasteiger partial charge in [0.1, 0.15) is 0 Å². The molecule has 1 aliphatic rings. The van der Waals surface area contributed by atoms with Crippen LogP contribution < -0.4 is 0 Å². The van der Waals surface area contributed by atoms with Gasteiger partial charge in [-0.25, -0.2) is 0 Å². The summed E-state index contributed by atoms with van der Waals surface area (Å²) in [6.07, 6.45) is 7.02. The van der Waals surface area contributed by atoms with Gasteiger partial charge in [0, 0.05) is 22.7 Å². The molecule has 0 N–H and O–H groups in total. The first-order valence-corrected chi connectivity index (χ1v) is 7.64. The van der Waals surface area contributed by atoms with Crippen molar-refractivity contribution in [2.75, 3.05) is 12.4 Å². The predicted octanol–water partition coefficient (Wildman–Crippen LogP) is 2.88. The van der Waals surface area contributed by atoms with Crippen LogP contribution in [0.25, 0.3) is 0 Å². The Morgan fingerprint density at radius 2 is 2.00 bits per heavy atom. The van der Waals surface area contributed by atoms with Gasteiger partial charge >= 0.3 is 0 Å². The second-order valence-electron chi connectivity index (χ2n) is 4.38. The zero-order valence-electron chi connectivity index (χ0n) is 10.0. The second kappa shape index (κ2) is 7.39. The molecule has 0 aliphatic carbocycles. The molecule has 0 aromatic heterocycles. The van der Waals surface area contributed by atoms with Crippen LogP contribution in [0.2, 0.25) is 0 Å². The Morgan fingerprint density at radius 1 is 1.33 bits per heavy atom. The van der Waals surface area contributed by atoms with Crippen LogP contribution >= 0.6 is 0 Å². The summed E-state index contributed by atoms with van der Waals surface area (Å²) < 4.78 is 17.6. The molecule has 0 aromatic rings. The summed E-state index contributed by atoms with van der Waals surface area (Å²) in [7, 11) is -0.672. The van der Waals surface area contributed by atoms with Crippen LogP contribution in [0.5, 0.6) is 0 Å². The topological polar surface area (TPSA) is 26.3 Å². The molecule has 2 atom stereocenters. The van der Waals surface area contributed by atoms with Gasteiger partial charge in [-0.2, -0.15) is 0 Å². The maximum absolute atomic E-state index is 12.1. The fraction of sp³-hybridized carbons (Fsp3) is 1.00. The highest BCUT2D eigenvalue weighted by Crippen LogP contribution is 2.18. The van der Waals surface area contributed by atoms with Gasteiger partial charge in [-0.1, -0.05) is 26.7 Å². The van der Waals surface area contributed by atoms with Gasteiger partial charge in [-0.05, 0) is 25.7 Å². The number of hydrogen-bond donors (Lipinski definition) is 0. The van der Waals surface area contributed by atoms with Gasteiger partial charge in [0.25, 0.3) is 0 Å². The minimum atomic E-state index is -0.672. The molecule has 1 saturated heterocycles. The number of ether oxygens (including phenoxy) is 1. The third-order valence-electron chi connectivity index (χ3n) is 2.97. The van der Waals surface area contributed by atoms with E-state index in [-0.39, 0.29) is 6.10 Å². The molecule has 1 fully saturated rings. The van der Waals surface area contributed by atoms with Crippen molar-refractivity contribution in [3.63, 3.8) is 0 Å². The Bertz CT molecular complexity index is 182. The van der Waals surface area contributed by atoms with Gasteiger partial charge in [0.15, 0.2) is 0 Å². The molecule has 0 unspecified atom stereocenters. The molecular weight excluding hydrogens is 208 g/mol. The summed E-state index contributed by atoms with van der Waals surface area (Å²) in [5.74, 6) is 0.769. The number of hydrogen-bond acceptors (Lipinski definition) is 2. The van der Waals surface area contributed by atoms with Crippen molar-refractivity contribution in [1.82, 2.24) is 0 Å². The third-order valence-corrected chi connectivity index (χ3v) is 4.88. The molecular formula is C12H24O2S. The van der Waals surface area contributed by atoms with E-state index in [0.29, 0.717) is 5.25 Å². The minimum absolute atomic E-state index is 0.280. The molecule has 3 heteroatoms. The lowest BCUT2D eigenvalue weighted by Crippen LogP contribution is -2.24. The molecule has 1 aliphatic heterocycles. The lowest BCUT2D eigenvalue weighted by atomic mass is 10.2. The summed E-state index contributed by atoms with van der Waals surface area (Å²) in [5, 5.41) is 0.407. The van der Waals surface area contributed by atoms with Crippen LogP contribution in [0.3, 0.4) is 0 Å². The Kier molecular flexibility index (Phi) is 6.50. The molecule has 1 heterocycles. The highest BCUT2D eigenvalue weighted by atomic mass is 32.2. The Hall–Kier alpha value is 0.110. The first-order chi connectivity index (χ1) is 7.27. The van der Waals surface area contributed by atoms with E-state index >= 15 is 0 Å². The van der Waals surface area contributed by atoms with E-state index in [0.717, 1.165) is 50.9 Å². The Balaban J connectivity index is 2.33. The molecule has 2 nitrogen and oxygen atoms in total. The van der Waals surface area contributed by atoms with Gasteiger partial charge in [-0.15, -0.1) is 0 Å². The van der Waals surface area contributed by atoms with Crippen molar-refractivity contribution in [1.29, 1.82) is 0 Å². The van der Waals surface area contributed by atoms with E-state index in [1.807, 2.05) is 0 Å². The van der Waals surface area contributed by atoms with E-state index in [4.69, 9.17) is 4.74 Å². The second-order valence-corrected chi connectivity index (χ2v) is 6.14. The van der Waals surface area contributed by atoms with Gasteiger partial charge in [0.05, 0.1) is 11.9 Å². The molecule has 0 bridgehead atoms. The smallest absolute Gasteiger partial charge is 0.0691 e. The van der Waals surface area contributed by atoms with Crippen molar-refractivity contribution in [2.45, 2.75) is 63.7 Å². The predicted molar refractivity (Wildman–Crippen MR) is 65.6 cm³/mol.